The molecule has 0 aliphatic rings. The van der Waals surface area contributed by atoms with Crippen LogP contribution in [0, 0.1) is 0 Å². The first kappa shape index (κ1) is 14.7. The molecule has 0 aliphatic heterocycles. The highest BCUT2D eigenvalue weighted by Gasteiger charge is 2.22. The molecule has 0 spiro atoms. The molecule has 1 atom stereocenters. The third kappa shape index (κ3) is 3.82. The van der Waals surface area contributed by atoms with Crippen LogP contribution < -0.4 is 16.5 Å². The van der Waals surface area contributed by atoms with Gasteiger partial charge >= 0.3 is 0 Å². The van der Waals surface area contributed by atoms with Crippen molar-refractivity contribution in [2.45, 2.75) is 19.4 Å². The van der Waals surface area contributed by atoms with Gasteiger partial charge in [-0.1, -0.05) is 25.6 Å². The summed E-state index contributed by atoms with van der Waals surface area (Å²) < 4.78 is 0. The number of carbonyl (C=O) groups is 2. The van der Waals surface area contributed by atoms with Crippen molar-refractivity contribution in [1.82, 2.24) is 10.8 Å². The molecule has 1 rings (SSSR count). The highest BCUT2D eigenvalue weighted by atomic mass is 16.5. The standard InChI is InChI=1S/C13H17N3O3/c1-3-9-4-6-10(7-5-9)12(17)15-11(8(2)14)13(18)16-19/h4-7,11,19H,2-3,14H2,1H3,(H,15,17)(H,16,18)/t11-/m0/s1. The second-order valence-corrected chi connectivity index (χ2v) is 4.01. The summed E-state index contributed by atoms with van der Waals surface area (Å²) in [5.74, 6) is -1.31. The van der Waals surface area contributed by atoms with Gasteiger partial charge in [0.05, 0.1) is 0 Å². The maximum Gasteiger partial charge on any atom is 0.272 e. The Morgan fingerprint density at radius 3 is 2.37 bits per heavy atom. The molecule has 0 saturated carbocycles. The van der Waals surface area contributed by atoms with Crippen LogP contribution >= 0.6 is 0 Å². The highest BCUT2D eigenvalue weighted by molar-refractivity contribution is 5.98. The largest absolute Gasteiger partial charge is 0.400 e. The smallest absolute Gasteiger partial charge is 0.272 e. The molecule has 0 unspecified atom stereocenters. The molecule has 6 heteroatoms. The lowest BCUT2D eigenvalue weighted by molar-refractivity contribution is -0.130. The third-order valence-corrected chi connectivity index (χ3v) is 2.64. The SMILES string of the molecule is C=C(N)[C@H](NC(=O)c1ccc(CC)cc1)C(=O)NO. The molecule has 2 amide bonds. The van der Waals surface area contributed by atoms with Crippen LogP contribution in [0.15, 0.2) is 36.5 Å². The molecule has 5 N–H and O–H groups in total. The summed E-state index contributed by atoms with van der Waals surface area (Å²) in [6, 6.07) is 5.78. The minimum absolute atomic E-state index is 0.0647. The Kier molecular flexibility index (Phi) is 5.08. The Labute approximate surface area is 111 Å². The zero-order valence-corrected chi connectivity index (χ0v) is 10.6. The number of benzene rings is 1. The second kappa shape index (κ2) is 6.55. The van der Waals surface area contributed by atoms with Crippen LogP contribution in [0.2, 0.25) is 0 Å². The average molecular weight is 263 g/mol. The minimum atomic E-state index is -1.18. The summed E-state index contributed by atoms with van der Waals surface area (Å²) in [6.45, 7) is 5.40. The zero-order chi connectivity index (χ0) is 14.4. The summed E-state index contributed by atoms with van der Waals surface area (Å²) >= 11 is 0. The molecule has 0 fully saturated rings. The maximum absolute atomic E-state index is 11.9. The third-order valence-electron chi connectivity index (χ3n) is 2.64. The van der Waals surface area contributed by atoms with E-state index in [1.54, 1.807) is 12.1 Å². The fraction of sp³-hybridized carbons (Fsp3) is 0.231. The monoisotopic (exact) mass is 263 g/mol. The van der Waals surface area contributed by atoms with Gasteiger partial charge in [-0.25, -0.2) is 5.48 Å². The number of hydrogen-bond acceptors (Lipinski definition) is 4. The second-order valence-electron chi connectivity index (χ2n) is 4.01. The molecule has 102 valence electrons. The molecule has 19 heavy (non-hydrogen) atoms. The van der Waals surface area contributed by atoms with Gasteiger partial charge in [0.15, 0.2) is 0 Å². The van der Waals surface area contributed by atoms with Gasteiger partial charge in [-0.2, -0.15) is 0 Å². The fourth-order valence-corrected chi connectivity index (χ4v) is 1.50. The van der Waals surface area contributed by atoms with Crippen LogP contribution in [0.3, 0.4) is 0 Å². The Morgan fingerprint density at radius 2 is 1.95 bits per heavy atom. The summed E-state index contributed by atoms with van der Waals surface area (Å²) in [6.07, 6.45) is 0.872. The van der Waals surface area contributed by atoms with Crippen molar-refractivity contribution in [1.29, 1.82) is 0 Å². The number of carbonyl (C=O) groups excluding carboxylic acids is 2. The first-order chi connectivity index (χ1) is 8.99. The van der Waals surface area contributed by atoms with E-state index in [2.05, 4.69) is 11.9 Å². The first-order valence-corrected chi connectivity index (χ1v) is 5.77. The van der Waals surface area contributed by atoms with Crippen molar-refractivity contribution in [2.24, 2.45) is 5.73 Å². The van der Waals surface area contributed by atoms with Crippen LogP contribution in [0.4, 0.5) is 0 Å². The van der Waals surface area contributed by atoms with Crippen LogP contribution in [-0.2, 0) is 11.2 Å². The normalized spacial score (nSPS) is 11.5. The van der Waals surface area contributed by atoms with Gasteiger partial charge in [0, 0.05) is 11.3 Å². The molecule has 0 heterocycles. The van der Waals surface area contributed by atoms with Gasteiger partial charge in [0.25, 0.3) is 11.8 Å². The van der Waals surface area contributed by atoms with Crippen molar-refractivity contribution in [2.75, 3.05) is 0 Å². The van der Waals surface area contributed by atoms with Crippen molar-refractivity contribution < 1.29 is 14.8 Å². The van der Waals surface area contributed by atoms with Gasteiger partial charge in [0.2, 0.25) is 0 Å². The van der Waals surface area contributed by atoms with E-state index in [4.69, 9.17) is 10.9 Å². The number of amides is 2. The van der Waals surface area contributed by atoms with Gasteiger partial charge in [0.1, 0.15) is 6.04 Å². The predicted octanol–water partition coefficient (Wildman–Crippen LogP) is 0.325. The van der Waals surface area contributed by atoms with E-state index in [1.807, 2.05) is 19.1 Å². The van der Waals surface area contributed by atoms with Crippen LogP contribution in [-0.4, -0.2) is 23.1 Å². The summed E-state index contributed by atoms with van der Waals surface area (Å²) in [4.78, 5) is 23.2. The minimum Gasteiger partial charge on any atom is -0.400 e. The van der Waals surface area contributed by atoms with E-state index in [-0.39, 0.29) is 5.70 Å². The van der Waals surface area contributed by atoms with Crippen molar-refractivity contribution in [3.8, 4) is 0 Å². The molecule has 1 aromatic rings. The molecule has 6 nitrogen and oxygen atoms in total. The lowest BCUT2D eigenvalue weighted by Gasteiger charge is -2.16. The topological polar surface area (TPSA) is 104 Å². The number of nitrogens with one attached hydrogen (secondary N) is 2. The molecular weight excluding hydrogens is 246 g/mol. The molecule has 0 radical (unpaired) electrons. The maximum atomic E-state index is 11.9. The molecule has 0 aliphatic carbocycles. The number of hydrogen-bond donors (Lipinski definition) is 4. The number of aryl methyl sites for hydroxylation is 1. The number of nitrogens with two attached hydrogens (primary N) is 1. The van der Waals surface area contributed by atoms with Crippen LogP contribution in [0.1, 0.15) is 22.8 Å². The van der Waals surface area contributed by atoms with E-state index >= 15 is 0 Å². The lowest BCUT2D eigenvalue weighted by atomic mass is 10.1. The number of rotatable bonds is 5. The van der Waals surface area contributed by atoms with E-state index < -0.39 is 17.9 Å². The lowest BCUT2D eigenvalue weighted by Crippen LogP contribution is -2.48. The highest BCUT2D eigenvalue weighted by Crippen LogP contribution is 2.06. The Bertz CT molecular complexity index is 482. The predicted molar refractivity (Wildman–Crippen MR) is 70.3 cm³/mol. The summed E-state index contributed by atoms with van der Waals surface area (Å²) in [7, 11) is 0. The van der Waals surface area contributed by atoms with E-state index in [1.165, 1.54) is 5.48 Å². The van der Waals surface area contributed by atoms with Crippen LogP contribution in [0.25, 0.3) is 0 Å². The zero-order valence-electron chi connectivity index (χ0n) is 10.6. The van der Waals surface area contributed by atoms with E-state index in [0.29, 0.717) is 5.56 Å². The molecule has 0 aromatic heterocycles. The van der Waals surface area contributed by atoms with Gasteiger partial charge in [-0.3, -0.25) is 14.8 Å². The first-order valence-electron chi connectivity index (χ1n) is 5.77. The Balaban J connectivity index is 2.81. The van der Waals surface area contributed by atoms with Gasteiger partial charge in [-0.05, 0) is 24.1 Å². The number of hydroxylamine groups is 1. The van der Waals surface area contributed by atoms with Gasteiger partial charge < -0.3 is 11.1 Å². The molecule has 0 saturated heterocycles. The Hall–Kier alpha value is -2.34. The van der Waals surface area contributed by atoms with Crippen molar-refractivity contribution >= 4 is 11.8 Å². The molecular formula is C13H17N3O3. The van der Waals surface area contributed by atoms with Crippen molar-refractivity contribution in [3.05, 3.63) is 47.7 Å². The van der Waals surface area contributed by atoms with E-state index in [0.717, 1.165) is 12.0 Å². The fourth-order valence-electron chi connectivity index (χ4n) is 1.50. The van der Waals surface area contributed by atoms with Crippen LogP contribution in [0.5, 0.6) is 0 Å². The molecule has 0 bridgehead atoms. The summed E-state index contributed by atoms with van der Waals surface area (Å²) in [5.41, 5.74) is 8.27. The quantitative estimate of drug-likeness (QED) is 0.453. The Morgan fingerprint density at radius 1 is 1.37 bits per heavy atom. The van der Waals surface area contributed by atoms with Gasteiger partial charge in [-0.15, -0.1) is 0 Å². The molecule has 1 aromatic carbocycles. The average Bonchev–Trinajstić information content (AvgIpc) is 2.43. The van der Waals surface area contributed by atoms with Crippen molar-refractivity contribution in [3.63, 3.8) is 0 Å². The summed E-state index contributed by atoms with van der Waals surface area (Å²) in [5, 5.41) is 10.9. The van der Waals surface area contributed by atoms with E-state index in [9.17, 15) is 9.59 Å².